The predicted molar refractivity (Wildman–Crippen MR) is 80.8 cm³/mol. The van der Waals surface area contributed by atoms with E-state index in [1.54, 1.807) is 0 Å². The Kier molecular flexibility index (Phi) is 5.60. The van der Waals surface area contributed by atoms with Crippen molar-refractivity contribution < 1.29 is 9.90 Å². The van der Waals surface area contributed by atoms with Gasteiger partial charge < -0.3 is 5.11 Å². The van der Waals surface area contributed by atoms with Gasteiger partial charge in [0.05, 0.1) is 0 Å². The summed E-state index contributed by atoms with van der Waals surface area (Å²) in [5, 5.41) is 9.32. The zero-order valence-electron chi connectivity index (χ0n) is 12.3. The van der Waals surface area contributed by atoms with E-state index in [9.17, 15) is 9.90 Å². The number of carboxylic acid groups (broad SMARTS) is 1. The summed E-state index contributed by atoms with van der Waals surface area (Å²) >= 11 is 0. The maximum atomic E-state index is 11.3. The van der Waals surface area contributed by atoms with Crippen LogP contribution in [-0.2, 0) is 11.2 Å². The van der Waals surface area contributed by atoms with Crippen molar-refractivity contribution in [3.8, 4) is 0 Å². The number of carbonyl (C=O) groups is 1. The number of rotatable bonds is 6. The highest BCUT2D eigenvalue weighted by Gasteiger charge is 2.28. The number of benzene rings is 1. The lowest BCUT2D eigenvalue weighted by Crippen LogP contribution is -2.45. The fraction of sp³-hybridized carbons (Fsp3) is 0.588. The Morgan fingerprint density at radius 1 is 1.30 bits per heavy atom. The van der Waals surface area contributed by atoms with Gasteiger partial charge in [0.2, 0.25) is 0 Å². The second-order valence-corrected chi connectivity index (χ2v) is 5.81. The quantitative estimate of drug-likeness (QED) is 0.866. The van der Waals surface area contributed by atoms with Crippen LogP contribution in [0.15, 0.2) is 30.3 Å². The topological polar surface area (TPSA) is 40.5 Å². The van der Waals surface area contributed by atoms with E-state index in [2.05, 4.69) is 36.1 Å². The average Bonchev–Trinajstić information content (AvgIpc) is 2.47. The minimum absolute atomic E-state index is 0.280. The molecule has 2 rings (SSSR count). The summed E-state index contributed by atoms with van der Waals surface area (Å²) in [6.07, 6.45) is 5.05. The lowest BCUT2D eigenvalue weighted by Gasteiger charge is -2.35. The number of hydrogen-bond donors (Lipinski definition) is 1. The third kappa shape index (κ3) is 4.07. The van der Waals surface area contributed by atoms with E-state index in [0.717, 1.165) is 45.2 Å². The second-order valence-electron chi connectivity index (χ2n) is 5.81. The lowest BCUT2D eigenvalue weighted by molar-refractivity contribution is -0.144. The molecule has 20 heavy (non-hydrogen) atoms. The summed E-state index contributed by atoms with van der Waals surface area (Å²) in [6, 6.07) is 10.3. The van der Waals surface area contributed by atoms with Crippen LogP contribution in [0.4, 0.5) is 0 Å². The molecular formula is C17H25NO2. The van der Waals surface area contributed by atoms with Crippen LogP contribution in [0, 0.1) is 5.92 Å². The molecular weight excluding hydrogens is 250 g/mol. The smallest absolute Gasteiger partial charge is 0.320 e. The van der Waals surface area contributed by atoms with Crippen molar-refractivity contribution in [2.75, 3.05) is 13.1 Å². The van der Waals surface area contributed by atoms with Crippen LogP contribution in [0.2, 0.25) is 0 Å². The molecule has 3 nitrogen and oxygen atoms in total. The minimum Gasteiger partial charge on any atom is -0.480 e. The van der Waals surface area contributed by atoms with Gasteiger partial charge in [-0.05, 0) is 50.3 Å². The molecule has 110 valence electrons. The molecule has 1 aliphatic rings. The monoisotopic (exact) mass is 275 g/mol. The van der Waals surface area contributed by atoms with Gasteiger partial charge >= 0.3 is 5.97 Å². The first-order chi connectivity index (χ1) is 9.70. The van der Waals surface area contributed by atoms with Gasteiger partial charge in [-0.2, -0.15) is 0 Å². The van der Waals surface area contributed by atoms with E-state index >= 15 is 0 Å². The van der Waals surface area contributed by atoms with Crippen molar-refractivity contribution in [3.05, 3.63) is 35.9 Å². The van der Waals surface area contributed by atoms with Crippen LogP contribution in [0.3, 0.4) is 0 Å². The predicted octanol–water partition coefficient (Wildman–Crippen LogP) is 3.19. The SMILES string of the molecule is CCCC(C(=O)O)N1CCC(Cc2ccccc2)CC1. The Hall–Kier alpha value is -1.35. The Morgan fingerprint density at radius 3 is 2.50 bits per heavy atom. The molecule has 1 aromatic rings. The first kappa shape index (κ1) is 15.0. The Bertz CT molecular complexity index is 410. The Balaban J connectivity index is 1.84. The number of carboxylic acids is 1. The zero-order valence-corrected chi connectivity index (χ0v) is 12.3. The Morgan fingerprint density at radius 2 is 1.95 bits per heavy atom. The number of piperidine rings is 1. The van der Waals surface area contributed by atoms with Crippen molar-refractivity contribution in [3.63, 3.8) is 0 Å². The molecule has 0 bridgehead atoms. The second kappa shape index (κ2) is 7.44. The molecule has 0 spiro atoms. The van der Waals surface area contributed by atoms with Gasteiger partial charge in [0, 0.05) is 0 Å². The van der Waals surface area contributed by atoms with Crippen LogP contribution in [-0.4, -0.2) is 35.1 Å². The van der Waals surface area contributed by atoms with Crippen molar-refractivity contribution in [2.24, 2.45) is 5.92 Å². The number of aliphatic carboxylic acids is 1. The van der Waals surface area contributed by atoms with Crippen LogP contribution in [0.1, 0.15) is 38.2 Å². The molecule has 1 saturated heterocycles. The molecule has 0 amide bonds. The summed E-state index contributed by atoms with van der Waals surface area (Å²) in [5.74, 6) is 0.0399. The summed E-state index contributed by atoms with van der Waals surface area (Å²) in [6.45, 7) is 3.90. The van der Waals surface area contributed by atoms with Crippen LogP contribution in [0.25, 0.3) is 0 Å². The molecule has 1 aliphatic heterocycles. The van der Waals surface area contributed by atoms with Crippen LogP contribution < -0.4 is 0 Å². The molecule has 1 fully saturated rings. The largest absolute Gasteiger partial charge is 0.480 e. The van der Waals surface area contributed by atoms with Gasteiger partial charge in [0.15, 0.2) is 0 Å². The summed E-state index contributed by atoms with van der Waals surface area (Å²) in [5.41, 5.74) is 1.40. The average molecular weight is 275 g/mol. The highest BCUT2D eigenvalue weighted by atomic mass is 16.4. The molecule has 1 atom stereocenters. The van der Waals surface area contributed by atoms with Gasteiger partial charge in [0.25, 0.3) is 0 Å². The first-order valence-electron chi connectivity index (χ1n) is 7.71. The first-order valence-corrected chi connectivity index (χ1v) is 7.71. The fourth-order valence-corrected chi connectivity index (χ4v) is 3.15. The van der Waals surface area contributed by atoms with Gasteiger partial charge in [-0.15, -0.1) is 0 Å². The summed E-state index contributed by atoms with van der Waals surface area (Å²) in [7, 11) is 0. The van der Waals surface area contributed by atoms with E-state index in [-0.39, 0.29) is 6.04 Å². The van der Waals surface area contributed by atoms with E-state index in [0.29, 0.717) is 5.92 Å². The molecule has 0 saturated carbocycles. The van der Waals surface area contributed by atoms with E-state index in [1.165, 1.54) is 5.56 Å². The maximum Gasteiger partial charge on any atom is 0.320 e. The lowest BCUT2D eigenvalue weighted by atomic mass is 9.89. The zero-order chi connectivity index (χ0) is 14.4. The number of hydrogen-bond acceptors (Lipinski definition) is 2. The molecule has 1 unspecified atom stereocenters. The van der Waals surface area contributed by atoms with Crippen LogP contribution in [0.5, 0.6) is 0 Å². The third-order valence-electron chi connectivity index (χ3n) is 4.30. The summed E-state index contributed by atoms with van der Waals surface area (Å²) < 4.78 is 0. The van der Waals surface area contributed by atoms with Crippen LogP contribution >= 0.6 is 0 Å². The highest BCUT2D eigenvalue weighted by Crippen LogP contribution is 2.24. The third-order valence-corrected chi connectivity index (χ3v) is 4.30. The molecule has 3 heteroatoms. The van der Waals surface area contributed by atoms with Gasteiger partial charge in [0.1, 0.15) is 6.04 Å². The maximum absolute atomic E-state index is 11.3. The molecule has 0 aromatic heterocycles. The fourth-order valence-electron chi connectivity index (χ4n) is 3.15. The Labute approximate surface area is 121 Å². The van der Waals surface area contributed by atoms with Crippen molar-refractivity contribution in [2.45, 2.75) is 45.1 Å². The molecule has 1 heterocycles. The van der Waals surface area contributed by atoms with Gasteiger partial charge in [-0.1, -0.05) is 43.7 Å². The minimum atomic E-state index is -0.659. The van der Waals surface area contributed by atoms with E-state index in [1.807, 2.05) is 6.07 Å². The molecule has 0 radical (unpaired) electrons. The highest BCUT2D eigenvalue weighted by molar-refractivity contribution is 5.73. The normalized spacial score (nSPS) is 18.9. The van der Waals surface area contributed by atoms with E-state index < -0.39 is 5.97 Å². The van der Waals surface area contributed by atoms with E-state index in [4.69, 9.17) is 0 Å². The number of nitrogens with zero attached hydrogens (tertiary/aromatic N) is 1. The van der Waals surface area contributed by atoms with Crippen molar-refractivity contribution >= 4 is 5.97 Å². The summed E-state index contributed by atoms with van der Waals surface area (Å²) in [4.78, 5) is 13.5. The standard InChI is InChI=1S/C17H25NO2/c1-2-6-16(17(19)20)18-11-9-15(10-12-18)13-14-7-4-3-5-8-14/h3-5,7-8,15-16H,2,6,9-13H2,1H3,(H,19,20). The van der Waals surface area contributed by atoms with Crippen molar-refractivity contribution in [1.82, 2.24) is 4.90 Å². The molecule has 0 aliphatic carbocycles. The van der Waals surface area contributed by atoms with Gasteiger partial charge in [-0.25, -0.2) is 0 Å². The molecule has 1 N–H and O–H groups in total. The van der Waals surface area contributed by atoms with Crippen molar-refractivity contribution in [1.29, 1.82) is 0 Å². The number of likely N-dealkylation sites (tertiary alicyclic amines) is 1. The van der Waals surface area contributed by atoms with Gasteiger partial charge in [-0.3, -0.25) is 9.69 Å². The molecule has 1 aromatic carbocycles.